The van der Waals surface area contributed by atoms with Gasteiger partial charge in [-0.15, -0.1) is 0 Å². The number of rotatable bonds is 16. The second-order valence-electron chi connectivity index (χ2n) is 8.19. The van der Waals surface area contributed by atoms with Crippen LogP contribution in [0.1, 0.15) is 19.1 Å². The van der Waals surface area contributed by atoms with Crippen molar-refractivity contribution in [3.63, 3.8) is 0 Å². The van der Waals surface area contributed by atoms with E-state index in [4.69, 9.17) is 10.6 Å². The second-order valence-corrected chi connectivity index (χ2v) is 12.4. The number of nitrogens with one attached hydrogen (secondary N) is 2. The number of phosphoric ester groups is 1. The van der Waals surface area contributed by atoms with Crippen molar-refractivity contribution in [1.29, 1.82) is 0 Å². The average Bonchev–Trinajstić information content (AvgIpc) is 3.39. The van der Waals surface area contributed by atoms with Crippen LogP contribution >= 0.6 is 23.5 Å². The van der Waals surface area contributed by atoms with Crippen molar-refractivity contribution in [3.8, 4) is 0 Å². The van der Waals surface area contributed by atoms with Gasteiger partial charge in [0.05, 0.1) is 20.8 Å². The molecule has 0 spiro atoms. The largest absolute Gasteiger partial charge is 0.790 e. The minimum Gasteiger partial charge on any atom is -0.790 e. The standard InChI is InChI=1S/C16H28N7O15P3/c17-34-6-10(24)18-3-1-2-4-19-14-11-15(21-7-20-14)23(8-22-11)16-13(26)12(25)9(36-16)5-35-40(30,31)38-41(32,33)37-39(27,28)29/h7-9,12-13,16,25-26H,1-6,17H2,(H,18,24)(H,30,31)(H,32,33)(H,19,20,21)(H2,27,28,29)/p-4/t9-,12-,13-,16-/m1/s1. The zero-order chi connectivity index (χ0) is 30.4. The first-order chi connectivity index (χ1) is 19.1. The highest BCUT2D eigenvalue weighted by molar-refractivity contribution is 7.64. The number of hydrogen-bond acceptors (Lipinski definition) is 20. The number of aromatic nitrogens is 4. The zero-order valence-corrected chi connectivity index (χ0v) is 23.3. The van der Waals surface area contributed by atoms with Gasteiger partial charge >= 0.3 is 0 Å². The van der Waals surface area contributed by atoms with Crippen molar-refractivity contribution >= 4 is 46.4 Å². The van der Waals surface area contributed by atoms with Crippen LogP contribution in [0.5, 0.6) is 0 Å². The van der Waals surface area contributed by atoms with Gasteiger partial charge in [0, 0.05) is 13.1 Å². The van der Waals surface area contributed by atoms with Gasteiger partial charge < -0.3 is 54.2 Å². The van der Waals surface area contributed by atoms with Crippen LogP contribution in [-0.2, 0) is 41.2 Å². The predicted molar refractivity (Wildman–Crippen MR) is 123 cm³/mol. The van der Waals surface area contributed by atoms with E-state index < -0.39 is 54.6 Å². The van der Waals surface area contributed by atoms with Gasteiger partial charge in [0.25, 0.3) is 15.6 Å². The highest BCUT2D eigenvalue weighted by Crippen LogP contribution is 2.60. The summed E-state index contributed by atoms with van der Waals surface area (Å²) in [4.78, 5) is 71.8. The third-order valence-corrected chi connectivity index (χ3v) is 8.86. The maximum absolute atomic E-state index is 11.8. The fourth-order valence-electron chi connectivity index (χ4n) is 3.52. The van der Waals surface area contributed by atoms with Crippen molar-refractivity contribution in [3.05, 3.63) is 12.7 Å². The fourth-order valence-corrected chi connectivity index (χ4v) is 6.39. The number of nitrogens with zero attached hydrogens (tertiary/aromatic N) is 4. The summed E-state index contributed by atoms with van der Waals surface area (Å²) in [5.74, 6) is 4.78. The quantitative estimate of drug-likeness (QED) is 0.0650. The Hall–Kier alpha value is -1.97. The summed E-state index contributed by atoms with van der Waals surface area (Å²) in [5.41, 5.74) is 0.403. The van der Waals surface area contributed by atoms with Crippen LogP contribution in [0.2, 0.25) is 0 Å². The molecule has 0 aliphatic carbocycles. The summed E-state index contributed by atoms with van der Waals surface area (Å²) in [6, 6.07) is 0. The van der Waals surface area contributed by atoms with E-state index in [0.29, 0.717) is 31.7 Å². The van der Waals surface area contributed by atoms with Crippen molar-refractivity contribution in [1.82, 2.24) is 24.8 Å². The normalized spacial score (nSPS) is 24.2. The van der Waals surface area contributed by atoms with E-state index in [1.165, 1.54) is 17.2 Å². The van der Waals surface area contributed by atoms with Crippen LogP contribution in [0.25, 0.3) is 11.2 Å². The number of unbranched alkanes of at least 4 members (excludes halogenated alkanes) is 1. The molecule has 6 N–H and O–H groups in total. The molecule has 1 fully saturated rings. The number of carbonyl (C=O) groups is 1. The number of anilines is 1. The zero-order valence-electron chi connectivity index (χ0n) is 20.6. The lowest BCUT2D eigenvalue weighted by Gasteiger charge is -2.37. The Labute approximate surface area is 230 Å². The molecule has 2 aromatic rings. The number of imidazole rings is 1. The van der Waals surface area contributed by atoms with Gasteiger partial charge in [-0.2, -0.15) is 0 Å². The first-order valence-electron chi connectivity index (χ1n) is 11.4. The summed E-state index contributed by atoms with van der Waals surface area (Å²) >= 11 is 0. The maximum atomic E-state index is 11.8. The second kappa shape index (κ2) is 14.0. The molecule has 1 saturated heterocycles. The first kappa shape index (κ1) is 33.5. The minimum atomic E-state index is -6.18. The molecule has 0 bridgehead atoms. The third kappa shape index (κ3) is 9.79. The minimum absolute atomic E-state index is 0.149. The lowest BCUT2D eigenvalue weighted by atomic mass is 10.1. The van der Waals surface area contributed by atoms with Gasteiger partial charge in [-0.05, 0) is 12.8 Å². The Balaban J connectivity index is 1.59. The molecule has 0 saturated carbocycles. The number of aliphatic hydroxyl groups is 2. The van der Waals surface area contributed by atoms with Crippen molar-refractivity contribution in [2.75, 3.05) is 31.6 Å². The number of amides is 1. The van der Waals surface area contributed by atoms with Crippen LogP contribution in [0.4, 0.5) is 5.82 Å². The van der Waals surface area contributed by atoms with Crippen molar-refractivity contribution in [2.24, 2.45) is 5.90 Å². The Morgan fingerprint density at radius 1 is 1.05 bits per heavy atom. The SMILES string of the molecule is NOCC(=O)NCCCCNc1ncnc2c1ncn2[C@@H]1O[C@H](COP(=O)([O-])OP(=O)([O-])OP(=O)([O-])[O-])[C@@H](O)[C@H]1O. The number of carbonyl (C=O) groups excluding carboxylic acids is 1. The van der Waals surface area contributed by atoms with E-state index in [-0.39, 0.29) is 23.7 Å². The summed E-state index contributed by atoms with van der Waals surface area (Å²) in [6.07, 6.45) is -2.76. The van der Waals surface area contributed by atoms with Gasteiger partial charge in [-0.1, -0.05) is 0 Å². The Morgan fingerprint density at radius 2 is 1.76 bits per heavy atom. The van der Waals surface area contributed by atoms with E-state index in [0.717, 1.165) is 0 Å². The molecule has 3 heterocycles. The highest BCUT2D eigenvalue weighted by atomic mass is 31.3. The molecule has 2 aromatic heterocycles. The molecule has 1 aliphatic heterocycles. The molecule has 1 amide bonds. The number of nitrogens with two attached hydrogens (primary N) is 1. The summed E-state index contributed by atoms with van der Waals surface area (Å²) in [7, 11) is -18.2. The highest BCUT2D eigenvalue weighted by Gasteiger charge is 2.45. The lowest BCUT2D eigenvalue weighted by Crippen LogP contribution is -2.34. The van der Waals surface area contributed by atoms with Crippen LogP contribution < -0.4 is 36.1 Å². The van der Waals surface area contributed by atoms with Gasteiger partial charge in [0.1, 0.15) is 31.2 Å². The van der Waals surface area contributed by atoms with E-state index in [1.54, 1.807) is 0 Å². The number of ether oxygens (including phenoxy) is 1. The number of phosphoric acid groups is 3. The Kier molecular flexibility index (Phi) is 11.5. The molecule has 25 heteroatoms. The van der Waals surface area contributed by atoms with E-state index in [9.17, 15) is 48.3 Å². The molecule has 2 unspecified atom stereocenters. The predicted octanol–water partition coefficient (Wildman–Crippen LogP) is -4.54. The third-order valence-electron chi connectivity index (χ3n) is 5.20. The molecule has 6 atom stereocenters. The summed E-state index contributed by atoms with van der Waals surface area (Å²) in [6.45, 7) is -0.531. The fraction of sp³-hybridized carbons (Fsp3) is 0.625. The van der Waals surface area contributed by atoms with Gasteiger partial charge in [-0.25, -0.2) is 25.2 Å². The lowest BCUT2D eigenvalue weighted by molar-refractivity contribution is -0.339. The number of aliphatic hydroxyl groups excluding tert-OH is 2. The van der Waals surface area contributed by atoms with E-state index >= 15 is 0 Å². The molecule has 1 aliphatic rings. The van der Waals surface area contributed by atoms with E-state index in [2.05, 4.69) is 43.6 Å². The van der Waals surface area contributed by atoms with Gasteiger partial charge in [0.2, 0.25) is 5.91 Å². The van der Waals surface area contributed by atoms with Crippen LogP contribution in [0.15, 0.2) is 12.7 Å². The molecule has 0 aromatic carbocycles. The van der Waals surface area contributed by atoms with Crippen molar-refractivity contribution in [2.45, 2.75) is 37.4 Å². The number of hydrogen-bond donors (Lipinski definition) is 5. The first-order valence-corrected chi connectivity index (χ1v) is 15.7. The molecular weight excluding hydrogens is 623 g/mol. The van der Waals surface area contributed by atoms with Crippen LogP contribution in [-0.4, -0.2) is 80.3 Å². The molecular formula is C16H24N7O15P3-4. The summed E-state index contributed by atoms with van der Waals surface area (Å²) < 4.78 is 51.0. The molecule has 0 radical (unpaired) electrons. The van der Waals surface area contributed by atoms with Crippen molar-refractivity contribution < 1.29 is 71.0 Å². The Bertz CT molecular complexity index is 1340. The van der Waals surface area contributed by atoms with Crippen LogP contribution in [0, 0.1) is 0 Å². The smallest absolute Gasteiger partial charge is 0.278 e. The maximum Gasteiger partial charge on any atom is 0.278 e. The van der Waals surface area contributed by atoms with E-state index in [1.807, 2.05) is 0 Å². The van der Waals surface area contributed by atoms with Crippen LogP contribution in [0.3, 0.4) is 0 Å². The topological polar surface area (TPSA) is 341 Å². The van der Waals surface area contributed by atoms with Gasteiger partial charge in [0.15, 0.2) is 23.2 Å². The monoisotopic (exact) mass is 647 g/mol. The Morgan fingerprint density at radius 3 is 2.44 bits per heavy atom. The molecule has 41 heavy (non-hydrogen) atoms. The molecule has 232 valence electrons. The average molecular weight is 647 g/mol. The number of fused-ring (bicyclic) bond motifs is 1. The molecule has 3 rings (SSSR count). The summed E-state index contributed by atoms with van der Waals surface area (Å²) in [5, 5.41) is 26.5. The molecule has 22 nitrogen and oxygen atoms in total. The van der Waals surface area contributed by atoms with Gasteiger partial charge in [-0.3, -0.25) is 27.6 Å².